The van der Waals surface area contributed by atoms with Gasteiger partial charge in [0.15, 0.2) is 0 Å². The molecule has 1 aliphatic heterocycles. The van der Waals surface area contributed by atoms with Crippen LogP contribution in [0.5, 0.6) is 0 Å². The largest absolute Gasteiger partial charge is 0.393 e. The minimum atomic E-state index is -0.0821. The van der Waals surface area contributed by atoms with E-state index < -0.39 is 0 Å². The van der Waals surface area contributed by atoms with E-state index in [9.17, 15) is 5.11 Å². The highest BCUT2D eigenvalue weighted by Gasteiger charge is 2.30. The van der Waals surface area contributed by atoms with Crippen LogP contribution in [0.15, 0.2) is 0 Å². The van der Waals surface area contributed by atoms with Crippen molar-refractivity contribution in [2.24, 2.45) is 11.8 Å². The predicted octanol–water partition coefficient (Wildman–Crippen LogP) is 2.67. The van der Waals surface area contributed by atoms with Crippen molar-refractivity contribution in [3.8, 4) is 0 Å². The van der Waals surface area contributed by atoms with Crippen LogP contribution in [0.25, 0.3) is 0 Å². The van der Waals surface area contributed by atoms with Crippen LogP contribution in [0.1, 0.15) is 52.4 Å². The van der Waals surface area contributed by atoms with E-state index in [0.717, 1.165) is 38.6 Å². The molecule has 0 aromatic rings. The van der Waals surface area contributed by atoms with Crippen molar-refractivity contribution in [1.82, 2.24) is 4.90 Å². The molecule has 2 rings (SSSR count). The average Bonchev–Trinajstić information content (AvgIpc) is 2.93. The van der Waals surface area contributed by atoms with E-state index in [1.54, 1.807) is 0 Å². The molecule has 4 atom stereocenters. The lowest BCUT2D eigenvalue weighted by Gasteiger charge is -2.36. The van der Waals surface area contributed by atoms with Crippen molar-refractivity contribution in [2.45, 2.75) is 64.6 Å². The summed E-state index contributed by atoms with van der Waals surface area (Å²) in [5.74, 6) is 1.30. The summed E-state index contributed by atoms with van der Waals surface area (Å²) in [5, 5.41) is 10.2. The summed E-state index contributed by atoms with van der Waals surface area (Å²) >= 11 is 0. The number of hydrogen-bond donors (Lipinski definition) is 1. The molecule has 4 unspecified atom stereocenters. The Balaban J connectivity index is 1.81. The molecule has 0 radical (unpaired) electrons. The van der Waals surface area contributed by atoms with E-state index in [4.69, 9.17) is 4.74 Å². The topological polar surface area (TPSA) is 32.7 Å². The Labute approximate surface area is 118 Å². The predicted molar refractivity (Wildman–Crippen MR) is 78.2 cm³/mol. The molecule has 3 nitrogen and oxygen atoms in total. The highest BCUT2D eigenvalue weighted by Crippen LogP contribution is 2.32. The van der Waals surface area contributed by atoms with E-state index in [1.165, 1.54) is 32.1 Å². The number of likely N-dealkylation sites (N-methyl/N-ethyl adjacent to an activating group) is 1. The molecule has 19 heavy (non-hydrogen) atoms. The Hall–Kier alpha value is -0.120. The van der Waals surface area contributed by atoms with Gasteiger partial charge in [-0.05, 0) is 50.5 Å². The summed E-state index contributed by atoms with van der Waals surface area (Å²) in [5.41, 5.74) is 0. The van der Waals surface area contributed by atoms with Crippen LogP contribution in [-0.2, 0) is 4.74 Å². The third-order valence-electron chi connectivity index (χ3n) is 5.05. The second-order valence-electron chi connectivity index (χ2n) is 6.40. The molecular formula is C16H31NO2. The Bertz CT molecular complexity index is 253. The first-order chi connectivity index (χ1) is 9.22. The van der Waals surface area contributed by atoms with Crippen LogP contribution in [-0.4, -0.2) is 48.5 Å². The fourth-order valence-electron chi connectivity index (χ4n) is 3.65. The van der Waals surface area contributed by atoms with Gasteiger partial charge < -0.3 is 14.7 Å². The molecule has 0 amide bonds. The molecule has 0 spiro atoms. The Kier molecular flexibility index (Phi) is 6.11. The van der Waals surface area contributed by atoms with Crippen LogP contribution < -0.4 is 0 Å². The first-order valence-corrected chi connectivity index (χ1v) is 8.24. The number of aliphatic hydroxyl groups excluding tert-OH is 1. The first-order valence-electron chi connectivity index (χ1n) is 8.24. The molecule has 1 heterocycles. The smallest absolute Gasteiger partial charge is 0.0702 e. The quantitative estimate of drug-likeness (QED) is 0.804. The summed E-state index contributed by atoms with van der Waals surface area (Å²) in [4.78, 5) is 2.49. The lowest BCUT2D eigenvalue weighted by molar-refractivity contribution is 0.0136. The van der Waals surface area contributed by atoms with Crippen molar-refractivity contribution in [3.05, 3.63) is 0 Å². The highest BCUT2D eigenvalue weighted by atomic mass is 16.5. The van der Waals surface area contributed by atoms with Gasteiger partial charge in [-0.25, -0.2) is 0 Å². The maximum Gasteiger partial charge on any atom is 0.0702 e. The second kappa shape index (κ2) is 7.61. The third-order valence-corrected chi connectivity index (χ3v) is 5.05. The van der Waals surface area contributed by atoms with Crippen molar-refractivity contribution in [2.75, 3.05) is 26.2 Å². The highest BCUT2D eigenvalue weighted by molar-refractivity contribution is 4.82. The van der Waals surface area contributed by atoms with Gasteiger partial charge in [0.2, 0.25) is 0 Å². The molecule has 1 saturated heterocycles. The standard InChI is InChI=1S/C16H31NO2/c1-3-13-7-8-16(18)14(10-13)11-17(4-2)12-15-6-5-9-19-15/h13-16,18H,3-12H2,1-2H3. The molecule has 0 aromatic carbocycles. The number of ether oxygens (including phenoxy) is 1. The fourth-order valence-corrected chi connectivity index (χ4v) is 3.65. The first kappa shape index (κ1) is 15.3. The minimum Gasteiger partial charge on any atom is -0.393 e. The molecule has 2 fully saturated rings. The Morgan fingerprint density at radius 1 is 1.16 bits per heavy atom. The van der Waals surface area contributed by atoms with Gasteiger partial charge in [0.05, 0.1) is 12.2 Å². The monoisotopic (exact) mass is 269 g/mol. The zero-order valence-corrected chi connectivity index (χ0v) is 12.7. The van der Waals surface area contributed by atoms with Crippen LogP contribution >= 0.6 is 0 Å². The molecule has 3 heteroatoms. The van der Waals surface area contributed by atoms with E-state index >= 15 is 0 Å². The van der Waals surface area contributed by atoms with Gasteiger partial charge >= 0.3 is 0 Å². The zero-order valence-electron chi connectivity index (χ0n) is 12.7. The number of hydrogen-bond acceptors (Lipinski definition) is 3. The van der Waals surface area contributed by atoms with Gasteiger partial charge in [-0.1, -0.05) is 20.3 Å². The lowest BCUT2D eigenvalue weighted by Crippen LogP contribution is -2.41. The summed E-state index contributed by atoms with van der Waals surface area (Å²) in [7, 11) is 0. The minimum absolute atomic E-state index is 0.0821. The third kappa shape index (κ3) is 4.44. The Morgan fingerprint density at radius 2 is 2.00 bits per heavy atom. The van der Waals surface area contributed by atoms with E-state index in [-0.39, 0.29) is 6.10 Å². The number of rotatable bonds is 6. The molecule has 1 aliphatic carbocycles. The normalized spacial score (nSPS) is 36.0. The molecule has 112 valence electrons. The SMILES string of the molecule is CCC1CCC(O)C(CN(CC)CC2CCCO2)C1. The molecule has 0 aromatic heterocycles. The summed E-state index contributed by atoms with van der Waals surface area (Å²) in [6.07, 6.45) is 7.46. The lowest BCUT2D eigenvalue weighted by atomic mass is 9.78. The van der Waals surface area contributed by atoms with Gasteiger partial charge in [-0.2, -0.15) is 0 Å². The maximum absolute atomic E-state index is 10.2. The molecule has 0 bridgehead atoms. The maximum atomic E-state index is 10.2. The molecule has 2 aliphatic rings. The molecule has 1 saturated carbocycles. The number of aliphatic hydroxyl groups is 1. The second-order valence-corrected chi connectivity index (χ2v) is 6.40. The summed E-state index contributed by atoms with van der Waals surface area (Å²) < 4.78 is 5.74. The van der Waals surface area contributed by atoms with Crippen LogP contribution in [0.4, 0.5) is 0 Å². The molecule has 1 N–H and O–H groups in total. The van der Waals surface area contributed by atoms with Crippen molar-refractivity contribution in [1.29, 1.82) is 0 Å². The van der Waals surface area contributed by atoms with Crippen molar-refractivity contribution >= 4 is 0 Å². The van der Waals surface area contributed by atoms with Crippen molar-refractivity contribution in [3.63, 3.8) is 0 Å². The van der Waals surface area contributed by atoms with Gasteiger partial charge in [0, 0.05) is 19.7 Å². The van der Waals surface area contributed by atoms with Crippen molar-refractivity contribution < 1.29 is 9.84 Å². The fraction of sp³-hybridized carbons (Fsp3) is 1.00. The Morgan fingerprint density at radius 3 is 2.63 bits per heavy atom. The van der Waals surface area contributed by atoms with E-state index in [0.29, 0.717) is 12.0 Å². The van der Waals surface area contributed by atoms with Gasteiger partial charge in [-0.3, -0.25) is 0 Å². The van der Waals surface area contributed by atoms with Gasteiger partial charge in [-0.15, -0.1) is 0 Å². The van der Waals surface area contributed by atoms with Gasteiger partial charge in [0.25, 0.3) is 0 Å². The molecular weight excluding hydrogens is 238 g/mol. The average molecular weight is 269 g/mol. The zero-order chi connectivity index (χ0) is 13.7. The summed E-state index contributed by atoms with van der Waals surface area (Å²) in [6, 6.07) is 0. The summed E-state index contributed by atoms with van der Waals surface area (Å²) in [6.45, 7) is 8.61. The van der Waals surface area contributed by atoms with Crippen LogP contribution in [0.3, 0.4) is 0 Å². The van der Waals surface area contributed by atoms with E-state index in [2.05, 4.69) is 18.7 Å². The number of nitrogens with zero attached hydrogens (tertiary/aromatic N) is 1. The van der Waals surface area contributed by atoms with Gasteiger partial charge in [0.1, 0.15) is 0 Å². The van der Waals surface area contributed by atoms with Crippen LogP contribution in [0.2, 0.25) is 0 Å². The van der Waals surface area contributed by atoms with Crippen LogP contribution in [0, 0.1) is 11.8 Å². The van der Waals surface area contributed by atoms with E-state index in [1.807, 2.05) is 0 Å².